The second-order valence-corrected chi connectivity index (χ2v) is 7.79. The summed E-state index contributed by atoms with van der Waals surface area (Å²) in [5.41, 5.74) is 6.45. The van der Waals surface area contributed by atoms with Gasteiger partial charge in [0.15, 0.2) is 0 Å². The summed E-state index contributed by atoms with van der Waals surface area (Å²) in [7, 11) is 0. The molecule has 0 fully saturated rings. The molecule has 5 rings (SSSR count). The van der Waals surface area contributed by atoms with Crippen molar-refractivity contribution in [3.63, 3.8) is 0 Å². The Morgan fingerprint density at radius 1 is 0.727 bits per heavy atom. The molecule has 3 aromatic carbocycles. The zero-order valence-corrected chi connectivity index (χ0v) is 18.0. The fraction of sp³-hybridized carbons (Fsp3) is 0.0714. The topological polar surface area (TPSA) is 42.7 Å². The maximum atomic E-state index is 14.8. The minimum atomic E-state index is -0.270. The first-order valence-electron chi connectivity index (χ1n) is 10.9. The summed E-state index contributed by atoms with van der Waals surface area (Å²) in [4.78, 5) is 4.15. The third kappa shape index (κ3) is 4.59. The molecule has 0 atom stereocenters. The van der Waals surface area contributed by atoms with Gasteiger partial charge >= 0.3 is 0 Å². The molecule has 0 radical (unpaired) electrons. The first kappa shape index (κ1) is 20.8. The summed E-state index contributed by atoms with van der Waals surface area (Å²) in [6.07, 6.45) is 5.40. The molecule has 0 aliphatic carbocycles. The van der Waals surface area contributed by atoms with E-state index in [2.05, 4.69) is 39.7 Å². The second-order valence-electron chi connectivity index (χ2n) is 7.79. The van der Waals surface area contributed by atoms with Crippen molar-refractivity contribution in [3.05, 3.63) is 127 Å². The highest BCUT2D eigenvalue weighted by atomic mass is 19.1. The van der Waals surface area contributed by atoms with E-state index >= 15 is 0 Å². The quantitative estimate of drug-likeness (QED) is 0.340. The third-order valence-electron chi connectivity index (χ3n) is 5.56. The zero-order valence-electron chi connectivity index (χ0n) is 18.0. The Balaban J connectivity index is 1.47. The fourth-order valence-corrected chi connectivity index (χ4v) is 3.92. The van der Waals surface area contributed by atoms with Crippen molar-refractivity contribution < 1.29 is 4.39 Å². The van der Waals surface area contributed by atoms with Crippen LogP contribution in [0.4, 0.5) is 4.39 Å². The molecule has 2 aromatic heterocycles. The van der Waals surface area contributed by atoms with Crippen LogP contribution in [0.15, 0.2) is 110 Å². The van der Waals surface area contributed by atoms with Crippen LogP contribution in [0.5, 0.6) is 0 Å². The van der Waals surface area contributed by atoms with Crippen LogP contribution in [-0.4, -0.2) is 14.8 Å². The molecule has 0 aliphatic heterocycles. The standard InChI is InChI=1S/C28H23FN4/c29-27-11-5-4-10-26(27)28-24(19-31-18-21-7-6-16-30-17-21)20-32-33(28)25-14-12-23(13-15-25)22-8-2-1-3-9-22/h1-17,20,31H,18-19H2. The van der Waals surface area contributed by atoms with Gasteiger partial charge in [0.05, 0.1) is 17.6 Å². The summed E-state index contributed by atoms with van der Waals surface area (Å²) < 4.78 is 16.6. The van der Waals surface area contributed by atoms with Crippen molar-refractivity contribution in [1.82, 2.24) is 20.1 Å². The molecule has 162 valence electrons. The summed E-state index contributed by atoms with van der Waals surface area (Å²) in [5.74, 6) is -0.270. The molecule has 5 aromatic rings. The van der Waals surface area contributed by atoms with Gasteiger partial charge in [-0.05, 0) is 47.0 Å². The van der Waals surface area contributed by atoms with Gasteiger partial charge in [-0.1, -0.05) is 60.7 Å². The van der Waals surface area contributed by atoms with Gasteiger partial charge in [-0.25, -0.2) is 9.07 Å². The van der Waals surface area contributed by atoms with E-state index in [1.54, 1.807) is 18.3 Å². The highest BCUT2D eigenvalue weighted by Gasteiger charge is 2.17. The molecule has 0 saturated carbocycles. The second kappa shape index (κ2) is 9.59. The first-order chi connectivity index (χ1) is 16.3. The fourth-order valence-electron chi connectivity index (χ4n) is 3.92. The molecule has 2 heterocycles. The van der Waals surface area contributed by atoms with E-state index in [4.69, 9.17) is 0 Å². The zero-order chi connectivity index (χ0) is 22.5. The Hall–Kier alpha value is -4.09. The average molecular weight is 435 g/mol. The first-order valence-corrected chi connectivity index (χ1v) is 10.9. The van der Waals surface area contributed by atoms with Gasteiger partial charge in [0.2, 0.25) is 0 Å². The summed E-state index contributed by atoms with van der Waals surface area (Å²) in [6.45, 7) is 1.22. The largest absolute Gasteiger partial charge is 0.308 e. The van der Waals surface area contributed by atoms with Crippen molar-refractivity contribution >= 4 is 0 Å². The summed E-state index contributed by atoms with van der Waals surface area (Å²) >= 11 is 0. The Morgan fingerprint density at radius 2 is 1.48 bits per heavy atom. The molecule has 0 bridgehead atoms. The highest BCUT2D eigenvalue weighted by Crippen LogP contribution is 2.30. The molecule has 0 unspecified atom stereocenters. The van der Waals surface area contributed by atoms with Crippen LogP contribution in [0.2, 0.25) is 0 Å². The van der Waals surface area contributed by atoms with E-state index in [0.717, 1.165) is 33.6 Å². The van der Waals surface area contributed by atoms with Crippen molar-refractivity contribution in [2.45, 2.75) is 13.1 Å². The Morgan fingerprint density at radius 3 is 2.24 bits per heavy atom. The number of nitrogens with zero attached hydrogens (tertiary/aromatic N) is 3. The smallest absolute Gasteiger partial charge is 0.132 e. The van der Waals surface area contributed by atoms with Crippen molar-refractivity contribution in [3.8, 4) is 28.1 Å². The van der Waals surface area contributed by atoms with E-state index in [9.17, 15) is 4.39 Å². The molecule has 0 saturated heterocycles. The molecule has 0 spiro atoms. The van der Waals surface area contributed by atoms with Gasteiger partial charge < -0.3 is 5.32 Å². The number of hydrogen-bond donors (Lipinski definition) is 1. The number of nitrogens with one attached hydrogen (secondary N) is 1. The molecule has 4 nitrogen and oxygen atoms in total. The Kier molecular flexibility index (Phi) is 6.04. The van der Waals surface area contributed by atoms with Crippen LogP contribution in [-0.2, 0) is 13.1 Å². The van der Waals surface area contributed by atoms with E-state index < -0.39 is 0 Å². The molecular formula is C28H23FN4. The highest BCUT2D eigenvalue weighted by molar-refractivity contribution is 5.68. The average Bonchev–Trinajstić information content (AvgIpc) is 3.29. The number of halogens is 1. The van der Waals surface area contributed by atoms with Crippen LogP contribution in [0.25, 0.3) is 28.1 Å². The van der Waals surface area contributed by atoms with E-state index in [1.165, 1.54) is 6.07 Å². The lowest BCUT2D eigenvalue weighted by Gasteiger charge is -2.12. The molecule has 0 amide bonds. The van der Waals surface area contributed by atoms with Crippen LogP contribution < -0.4 is 5.32 Å². The SMILES string of the molecule is Fc1ccccc1-c1c(CNCc2cccnc2)cnn1-c1ccc(-c2ccccc2)cc1. The Bertz CT molecular complexity index is 1330. The maximum Gasteiger partial charge on any atom is 0.132 e. The number of hydrogen-bond acceptors (Lipinski definition) is 3. The Labute approximate surface area is 192 Å². The van der Waals surface area contributed by atoms with Crippen LogP contribution in [0.3, 0.4) is 0 Å². The van der Waals surface area contributed by atoms with E-state index in [-0.39, 0.29) is 5.82 Å². The lowest BCUT2D eigenvalue weighted by molar-refractivity contribution is 0.628. The van der Waals surface area contributed by atoms with Gasteiger partial charge in [0.25, 0.3) is 0 Å². The van der Waals surface area contributed by atoms with Crippen LogP contribution in [0, 0.1) is 5.82 Å². The third-order valence-corrected chi connectivity index (χ3v) is 5.56. The van der Waals surface area contributed by atoms with Gasteiger partial charge in [0, 0.05) is 36.6 Å². The monoisotopic (exact) mass is 434 g/mol. The molecular weight excluding hydrogens is 411 g/mol. The van der Waals surface area contributed by atoms with Crippen molar-refractivity contribution in [2.75, 3.05) is 0 Å². The molecule has 33 heavy (non-hydrogen) atoms. The molecule has 1 N–H and O–H groups in total. The maximum absolute atomic E-state index is 14.8. The number of pyridine rings is 1. The number of benzene rings is 3. The van der Waals surface area contributed by atoms with Crippen LogP contribution in [0.1, 0.15) is 11.1 Å². The minimum absolute atomic E-state index is 0.270. The van der Waals surface area contributed by atoms with E-state index in [1.807, 2.05) is 65.6 Å². The van der Waals surface area contributed by atoms with Gasteiger partial charge in [0.1, 0.15) is 5.82 Å². The molecule has 5 heteroatoms. The van der Waals surface area contributed by atoms with Crippen LogP contribution >= 0.6 is 0 Å². The lowest BCUT2D eigenvalue weighted by atomic mass is 10.0. The van der Waals surface area contributed by atoms with E-state index in [0.29, 0.717) is 18.7 Å². The predicted molar refractivity (Wildman–Crippen MR) is 129 cm³/mol. The van der Waals surface area contributed by atoms with Gasteiger partial charge in [-0.15, -0.1) is 0 Å². The normalized spacial score (nSPS) is 10.9. The molecule has 0 aliphatic rings. The summed E-state index contributed by atoms with van der Waals surface area (Å²) in [6, 6.07) is 29.2. The number of rotatable bonds is 7. The van der Waals surface area contributed by atoms with Crippen molar-refractivity contribution in [2.24, 2.45) is 0 Å². The summed E-state index contributed by atoms with van der Waals surface area (Å²) in [5, 5.41) is 8.06. The van der Waals surface area contributed by atoms with Gasteiger partial charge in [-0.2, -0.15) is 5.10 Å². The minimum Gasteiger partial charge on any atom is -0.308 e. The number of aromatic nitrogens is 3. The lowest BCUT2D eigenvalue weighted by Crippen LogP contribution is -2.13. The van der Waals surface area contributed by atoms with Crippen molar-refractivity contribution in [1.29, 1.82) is 0 Å². The van der Waals surface area contributed by atoms with Gasteiger partial charge in [-0.3, -0.25) is 4.98 Å². The predicted octanol–water partition coefficient (Wildman–Crippen LogP) is 6.03.